The molecular formula is C11H13BrClNO4S. The number of hydrogen-bond donors (Lipinski definition) is 0. The number of carbonyl (C=O) groups is 1. The van der Waals surface area contributed by atoms with E-state index in [1.54, 1.807) is 12.1 Å². The van der Waals surface area contributed by atoms with Crippen molar-refractivity contribution in [2.45, 2.75) is 6.92 Å². The van der Waals surface area contributed by atoms with Crippen LogP contribution in [0.15, 0.2) is 22.7 Å². The number of benzene rings is 1. The van der Waals surface area contributed by atoms with Crippen molar-refractivity contribution in [2.75, 3.05) is 23.7 Å². The molecule has 0 saturated heterocycles. The molecule has 0 atom stereocenters. The number of nitrogens with zero attached hydrogens (tertiary/aromatic N) is 1. The van der Waals surface area contributed by atoms with Crippen LogP contribution in [0, 0.1) is 0 Å². The topological polar surface area (TPSA) is 63.7 Å². The molecule has 106 valence electrons. The van der Waals surface area contributed by atoms with Crippen LogP contribution in [0.25, 0.3) is 0 Å². The lowest BCUT2D eigenvalue weighted by atomic mass is 10.3. The number of rotatable bonds is 5. The second kappa shape index (κ2) is 6.58. The van der Waals surface area contributed by atoms with E-state index in [0.717, 1.165) is 4.31 Å². The fourth-order valence-electron chi connectivity index (χ4n) is 1.35. The Morgan fingerprint density at radius 1 is 1.47 bits per heavy atom. The number of methoxy groups -OCH3 is 1. The van der Waals surface area contributed by atoms with Crippen LogP contribution in [0.1, 0.15) is 6.92 Å². The highest BCUT2D eigenvalue weighted by Crippen LogP contribution is 2.30. The third kappa shape index (κ3) is 4.09. The molecular weight excluding hydrogens is 358 g/mol. The lowest BCUT2D eigenvalue weighted by Gasteiger charge is -2.23. The van der Waals surface area contributed by atoms with Gasteiger partial charge in [-0.15, -0.1) is 0 Å². The van der Waals surface area contributed by atoms with Gasteiger partial charge in [0.25, 0.3) is 0 Å². The minimum Gasteiger partial charge on any atom is -0.468 e. The number of esters is 1. The predicted octanol–water partition coefficient (Wildman–Crippen LogP) is 2.43. The molecule has 5 nitrogen and oxygen atoms in total. The summed E-state index contributed by atoms with van der Waals surface area (Å²) in [5, 5.41) is 0.232. The molecule has 0 aliphatic heterocycles. The van der Waals surface area contributed by atoms with Crippen molar-refractivity contribution in [1.82, 2.24) is 0 Å². The summed E-state index contributed by atoms with van der Waals surface area (Å²) < 4.78 is 30.2. The Hall–Kier alpha value is -0.790. The van der Waals surface area contributed by atoms with Gasteiger partial charge in [0.2, 0.25) is 10.0 Å². The lowest BCUT2D eigenvalue weighted by molar-refractivity contribution is -0.138. The summed E-state index contributed by atoms with van der Waals surface area (Å²) in [6.07, 6.45) is 0. The quantitative estimate of drug-likeness (QED) is 0.747. The Balaban J connectivity index is 3.27. The first-order valence-corrected chi connectivity index (χ1v) is 8.12. The Bertz CT molecular complexity index is 576. The normalized spacial score (nSPS) is 11.2. The van der Waals surface area contributed by atoms with Gasteiger partial charge in [0.15, 0.2) is 0 Å². The van der Waals surface area contributed by atoms with E-state index < -0.39 is 22.5 Å². The molecule has 0 radical (unpaired) electrons. The number of halogens is 2. The van der Waals surface area contributed by atoms with Gasteiger partial charge in [0, 0.05) is 4.47 Å². The Kier molecular flexibility index (Phi) is 5.64. The van der Waals surface area contributed by atoms with Crippen LogP contribution in [0.3, 0.4) is 0 Å². The minimum absolute atomic E-state index is 0.142. The second-order valence-corrected chi connectivity index (χ2v) is 7.08. The summed E-state index contributed by atoms with van der Waals surface area (Å²) in [7, 11) is -2.42. The molecule has 0 aromatic heterocycles. The van der Waals surface area contributed by atoms with Crippen molar-refractivity contribution >= 4 is 49.2 Å². The van der Waals surface area contributed by atoms with Crippen molar-refractivity contribution < 1.29 is 17.9 Å². The Morgan fingerprint density at radius 3 is 2.58 bits per heavy atom. The highest BCUT2D eigenvalue weighted by Gasteiger charge is 2.25. The summed E-state index contributed by atoms with van der Waals surface area (Å²) in [6.45, 7) is 1.08. The first-order valence-electron chi connectivity index (χ1n) is 5.34. The van der Waals surface area contributed by atoms with Crippen LogP contribution >= 0.6 is 27.5 Å². The number of hydrogen-bond acceptors (Lipinski definition) is 4. The van der Waals surface area contributed by atoms with Crippen LogP contribution in [0.5, 0.6) is 0 Å². The van der Waals surface area contributed by atoms with Gasteiger partial charge in [-0.25, -0.2) is 8.42 Å². The largest absolute Gasteiger partial charge is 0.468 e. The number of anilines is 1. The Labute approximate surface area is 125 Å². The number of ether oxygens (including phenoxy) is 1. The molecule has 0 amide bonds. The van der Waals surface area contributed by atoms with E-state index in [2.05, 4.69) is 20.7 Å². The van der Waals surface area contributed by atoms with Gasteiger partial charge >= 0.3 is 5.97 Å². The van der Waals surface area contributed by atoms with Crippen molar-refractivity contribution in [3.05, 3.63) is 27.7 Å². The first kappa shape index (κ1) is 16.3. The van der Waals surface area contributed by atoms with Gasteiger partial charge in [0.1, 0.15) is 6.54 Å². The van der Waals surface area contributed by atoms with Crippen LogP contribution in [0.4, 0.5) is 5.69 Å². The van der Waals surface area contributed by atoms with Gasteiger partial charge < -0.3 is 4.74 Å². The van der Waals surface area contributed by atoms with E-state index in [4.69, 9.17) is 11.6 Å². The average Bonchev–Trinajstić information content (AvgIpc) is 2.36. The van der Waals surface area contributed by atoms with Gasteiger partial charge in [-0.3, -0.25) is 9.10 Å². The molecule has 19 heavy (non-hydrogen) atoms. The first-order chi connectivity index (χ1) is 8.81. The lowest BCUT2D eigenvalue weighted by Crippen LogP contribution is -2.37. The standard InChI is InChI=1S/C11H13BrClNO4S/c1-3-19(16,17)14(7-11(15)18-2)10-5-4-8(12)6-9(10)13/h4-6H,3,7H2,1-2H3. The molecule has 0 saturated carbocycles. The number of carbonyl (C=O) groups excluding carboxylic acids is 1. The zero-order valence-corrected chi connectivity index (χ0v) is 13.5. The third-order valence-electron chi connectivity index (χ3n) is 2.38. The van der Waals surface area contributed by atoms with Gasteiger partial charge in [-0.2, -0.15) is 0 Å². The highest BCUT2D eigenvalue weighted by atomic mass is 79.9. The molecule has 0 spiro atoms. The fourth-order valence-corrected chi connectivity index (χ4v) is 3.25. The van der Waals surface area contributed by atoms with Crippen molar-refractivity contribution in [3.63, 3.8) is 0 Å². The maximum Gasteiger partial charge on any atom is 0.326 e. The third-order valence-corrected chi connectivity index (χ3v) is 4.90. The summed E-state index contributed by atoms with van der Waals surface area (Å²) in [4.78, 5) is 11.4. The highest BCUT2D eigenvalue weighted by molar-refractivity contribution is 9.10. The van der Waals surface area contributed by atoms with Gasteiger partial charge in [0.05, 0.1) is 23.6 Å². The van der Waals surface area contributed by atoms with E-state index in [0.29, 0.717) is 4.47 Å². The zero-order valence-electron chi connectivity index (χ0n) is 10.4. The van der Waals surface area contributed by atoms with E-state index in [1.807, 2.05) is 0 Å². The maximum atomic E-state index is 12.0. The average molecular weight is 371 g/mol. The van der Waals surface area contributed by atoms with E-state index in [-0.39, 0.29) is 16.5 Å². The van der Waals surface area contributed by atoms with E-state index in [1.165, 1.54) is 20.1 Å². The smallest absolute Gasteiger partial charge is 0.326 e. The van der Waals surface area contributed by atoms with Crippen molar-refractivity contribution in [3.8, 4) is 0 Å². The Morgan fingerprint density at radius 2 is 2.11 bits per heavy atom. The second-order valence-electron chi connectivity index (χ2n) is 3.58. The molecule has 0 bridgehead atoms. The van der Waals surface area contributed by atoms with E-state index in [9.17, 15) is 13.2 Å². The summed E-state index contributed by atoms with van der Waals surface area (Å²) in [6, 6.07) is 4.74. The monoisotopic (exact) mass is 369 g/mol. The van der Waals surface area contributed by atoms with Crippen LogP contribution in [-0.4, -0.2) is 33.8 Å². The van der Waals surface area contributed by atoms with Gasteiger partial charge in [-0.05, 0) is 25.1 Å². The summed E-state index contributed by atoms with van der Waals surface area (Å²) in [5.74, 6) is -0.799. The summed E-state index contributed by atoms with van der Waals surface area (Å²) in [5.41, 5.74) is 0.247. The van der Waals surface area contributed by atoms with Gasteiger partial charge in [-0.1, -0.05) is 27.5 Å². The molecule has 0 aliphatic carbocycles. The minimum atomic E-state index is -3.62. The maximum absolute atomic E-state index is 12.0. The molecule has 0 aliphatic rings. The summed E-state index contributed by atoms with van der Waals surface area (Å²) >= 11 is 9.26. The molecule has 8 heteroatoms. The van der Waals surface area contributed by atoms with Crippen LogP contribution in [0.2, 0.25) is 5.02 Å². The van der Waals surface area contributed by atoms with Crippen molar-refractivity contribution in [2.24, 2.45) is 0 Å². The molecule has 1 aromatic rings. The molecule has 0 unspecified atom stereocenters. The van der Waals surface area contributed by atoms with E-state index >= 15 is 0 Å². The van der Waals surface area contributed by atoms with Crippen LogP contribution < -0.4 is 4.31 Å². The molecule has 0 fully saturated rings. The zero-order chi connectivity index (χ0) is 14.6. The molecule has 0 N–H and O–H groups in total. The predicted molar refractivity (Wildman–Crippen MR) is 78.0 cm³/mol. The van der Waals surface area contributed by atoms with Crippen molar-refractivity contribution in [1.29, 1.82) is 0 Å². The molecule has 1 aromatic carbocycles. The fraction of sp³-hybridized carbons (Fsp3) is 0.364. The SMILES string of the molecule is CCS(=O)(=O)N(CC(=O)OC)c1ccc(Br)cc1Cl. The molecule has 1 rings (SSSR count). The molecule has 0 heterocycles. The number of sulfonamides is 1. The van der Waals surface area contributed by atoms with Crippen LogP contribution in [-0.2, 0) is 19.6 Å².